The number of carbonyl (C=O) groups is 1. The van der Waals surface area contributed by atoms with Gasteiger partial charge >= 0.3 is 6.09 Å². The molecule has 52 heavy (non-hydrogen) atoms. The fourth-order valence-corrected chi connectivity index (χ4v) is 7.69. The van der Waals surface area contributed by atoms with Crippen LogP contribution in [0.3, 0.4) is 0 Å². The zero-order valence-electron chi connectivity index (χ0n) is 31.0. The molecule has 10 heteroatoms. The molecule has 6 bridgehead atoms. The maximum atomic E-state index is 12.8. The lowest BCUT2D eigenvalue weighted by Crippen LogP contribution is -2.34. The van der Waals surface area contributed by atoms with Gasteiger partial charge < -0.3 is 33.7 Å². The summed E-state index contributed by atoms with van der Waals surface area (Å²) in [5, 5.41) is 2.85. The van der Waals surface area contributed by atoms with E-state index in [0.717, 1.165) is 61.9 Å². The Morgan fingerprint density at radius 3 is 2.17 bits per heavy atom. The van der Waals surface area contributed by atoms with Gasteiger partial charge in [0, 0.05) is 37.3 Å². The van der Waals surface area contributed by atoms with Crippen LogP contribution in [-0.4, -0.2) is 71.0 Å². The fraction of sp³-hybridized carbons (Fsp3) is 0.405. The maximum absolute atomic E-state index is 12.8. The summed E-state index contributed by atoms with van der Waals surface area (Å²) < 4.78 is 37.3. The lowest BCUT2D eigenvalue weighted by Gasteiger charge is -2.37. The lowest BCUT2D eigenvalue weighted by atomic mass is 9.87. The number of fused-ring (bicyclic) bond motifs is 2. The van der Waals surface area contributed by atoms with Gasteiger partial charge in [-0.2, -0.15) is 0 Å². The standard InChI is InChI=1S/C42H49N3O7/c1-7-8-17-43-42(46)52-34-14-11-27-21-33-39-29(16-19-45(33)3)24-38(48-5)40(49-6)41(39)51-37-25-31-28(23-35(37)47-4)15-18-44(2)32(31)20-26-9-12-30(13-10-26)50-36(34)22-27/h9-14,22-25,32-33H,7-8,15-21H2,1-6H3,(H,43,46)/t32-,33+/m0/s1. The molecule has 4 aromatic rings. The van der Waals surface area contributed by atoms with Gasteiger partial charge in [-0.1, -0.05) is 31.5 Å². The van der Waals surface area contributed by atoms with E-state index in [-0.39, 0.29) is 12.1 Å². The number of hydrogen-bond acceptors (Lipinski definition) is 9. The minimum atomic E-state index is -0.505. The van der Waals surface area contributed by atoms with Crippen LogP contribution >= 0.6 is 0 Å². The van der Waals surface area contributed by atoms with Gasteiger partial charge in [-0.3, -0.25) is 9.80 Å². The second-order valence-electron chi connectivity index (χ2n) is 13.9. The van der Waals surface area contributed by atoms with E-state index in [9.17, 15) is 4.79 Å². The molecule has 1 amide bonds. The summed E-state index contributed by atoms with van der Waals surface area (Å²) in [6.07, 6.45) is 4.49. The van der Waals surface area contributed by atoms with Crippen LogP contribution in [0.5, 0.6) is 46.0 Å². The molecule has 0 aromatic heterocycles. The molecular formula is C42H49N3O7. The van der Waals surface area contributed by atoms with Gasteiger partial charge in [0.2, 0.25) is 5.75 Å². The summed E-state index contributed by atoms with van der Waals surface area (Å²) in [4.78, 5) is 17.5. The van der Waals surface area contributed by atoms with Crippen molar-refractivity contribution in [2.75, 3.05) is 55.1 Å². The normalized spacial score (nSPS) is 18.2. The minimum Gasteiger partial charge on any atom is -0.493 e. The molecule has 1 N–H and O–H groups in total. The Kier molecular flexibility index (Phi) is 10.5. The monoisotopic (exact) mass is 707 g/mol. The number of amides is 1. The third-order valence-corrected chi connectivity index (χ3v) is 10.6. The van der Waals surface area contributed by atoms with Gasteiger partial charge in [0.15, 0.2) is 34.5 Å². The Morgan fingerprint density at radius 1 is 0.769 bits per heavy atom. The molecule has 4 aliphatic heterocycles. The molecule has 0 saturated carbocycles. The van der Waals surface area contributed by atoms with Crippen molar-refractivity contribution in [1.82, 2.24) is 15.1 Å². The highest BCUT2D eigenvalue weighted by molar-refractivity contribution is 5.71. The van der Waals surface area contributed by atoms with Gasteiger partial charge in [0.25, 0.3) is 0 Å². The average Bonchev–Trinajstić information content (AvgIpc) is 3.15. The summed E-state index contributed by atoms with van der Waals surface area (Å²) in [6.45, 7) is 4.40. The van der Waals surface area contributed by atoms with Crippen LogP contribution in [0.1, 0.15) is 65.2 Å². The molecule has 4 heterocycles. The van der Waals surface area contributed by atoms with E-state index in [2.05, 4.69) is 66.5 Å². The molecule has 8 rings (SSSR count). The maximum Gasteiger partial charge on any atom is 0.412 e. The van der Waals surface area contributed by atoms with Crippen LogP contribution in [-0.2, 0) is 25.7 Å². The molecule has 10 nitrogen and oxygen atoms in total. The number of likely N-dealkylation sites (N-methyl/N-ethyl adjacent to an activating group) is 2. The van der Waals surface area contributed by atoms with Crippen molar-refractivity contribution in [3.05, 3.63) is 94.0 Å². The van der Waals surface area contributed by atoms with Gasteiger partial charge in [0.05, 0.1) is 21.3 Å². The first-order valence-electron chi connectivity index (χ1n) is 18.2. The van der Waals surface area contributed by atoms with Crippen LogP contribution in [0.25, 0.3) is 0 Å². The summed E-state index contributed by atoms with van der Waals surface area (Å²) in [5.41, 5.74) is 6.82. The molecule has 0 saturated heterocycles. The molecule has 0 aliphatic carbocycles. The minimum absolute atomic E-state index is 0.0869. The number of hydrogen-bond donors (Lipinski definition) is 1. The quantitative estimate of drug-likeness (QED) is 0.192. The number of nitrogens with zero attached hydrogens (tertiary/aromatic N) is 2. The molecule has 274 valence electrons. The van der Waals surface area contributed by atoms with E-state index in [4.69, 9.17) is 28.4 Å². The SMILES string of the molecule is CCCCNC(=O)Oc1ccc2cc1Oc1ccc(cc1)C[C@H]1c3cc(c(OC)cc3CCN1C)Oc1c(OC)c(OC)cc3c1[C@@H](C2)N(C)CC3. The molecule has 0 unspecified atom stereocenters. The van der Waals surface area contributed by atoms with Crippen LogP contribution < -0.4 is 33.7 Å². The highest BCUT2D eigenvalue weighted by atomic mass is 16.6. The fourth-order valence-electron chi connectivity index (χ4n) is 7.69. The average molecular weight is 708 g/mol. The van der Waals surface area contributed by atoms with Crippen molar-refractivity contribution < 1.29 is 33.2 Å². The lowest BCUT2D eigenvalue weighted by molar-refractivity contribution is 0.198. The number of ether oxygens (including phenoxy) is 6. The zero-order chi connectivity index (χ0) is 36.4. The largest absolute Gasteiger partial charge is 0.493 e. The first-order chi connectivity index (χ1) is 25.3. The van der Waals surface area contributed by atoms with E-state index in [1.54, 1.807) is 21.3 Å². The second kappa shape index (κ2) is 15.4. The van der Waals surface area contributed by atoms with Gasteiger partial charge in [-0.15, -0.1) is 0 Å². The highest BCUT2D eigenvalue weighted by Crippen LogP contribution is 2.52. The molecule has 0 radical (unpaired) electrons. The van der Waals surface area contributed by atoms with E-state index in [1.807, 2.05) is 30.3 Å². The topological polar surface area (TPSA) is 91.0 Å². The van der Waals surface area contributed by atoms with E-state index >= 15 is 0 Å². The first kappa shape index (κ1) is 35.5. The van der Waals surface area contributed by atoms with Crippen molar-refractivity contribution in [2.45, 2.75) is 57.5 Å². The van der Waals surface area contributed by atoms with Crippen molar-refractivity contribution in [3.63, 3.8) is 0 Å². The van der Waals surface area contributed by atoms with E-state index in [1.165, 1.54) is 16.7 Å². The summed E-state index contributed by atoms with van der Waals surface area (Å²) >= 11 is 0. The molecule has 0 fully saturated rings. The molecular weight excluding hydrogens is 658 g/mol. The highest BCUT2D eigenvalue weighted by Gasteiger charge is 2.35. The summed E-state index contributed by atoms with van der Waals surface area (Å²) in [7, 11) is 9.31. The number of methoxy groups -OCH3 is 3. The Bertz CT molecular complexity index is 1930. The zero-order valence-corrected chi connectivity index (χ0v) is 31.0. The first-order valence-corrected chi connectivity index (χ1v) is 18.2. The Hall–Kier alpha value is -4.93. The third kappa shape index (κ3) is 7.10. The van der Waals surface area contributed by atoms with E-state index in [0.29, 0.717) is 59.0 Å². The number of rotatable bonds is 7. The Morgan fingerprint density at radius 2 is 1.44 bits per heavy atom. The number of carbonyl (C=O) groups excluding carboxylic acids is 1. The van der Waals surface area contributed by atoms with Gasteiger partial charge in [-0.05, 0) is 116 Å². The van der Waals surface area contributed by atoms with Crippen LogP contribution in [0.4, 0.5) is 4.79 Å². The van der Waals surface area contributed by atoms with Crippen molar-refractivity contribution in [3.8, 4) is 46.0 Å². The number of unbranched alkanes of at least 4 members (excludes halogenated alkanes) is 1. The van der Waals surface area contributed by atoms with Crippen LogP contribution in [0, 0.1) is 0 Å². The number of benzene rings is 4. The summed E-state index contributed by atoms with van der Waals surface area (Å²) in [5.74, 6) is 4.56. The Balaban J connectivity index is 1.40. The molecule has 2 atom stereocenters. The smallest absolute Gasteiger partial charge is 0.412 e. The molecule has 0 spiro atoms. The second-order valence-corrected chi connectivity index (χ2v) is 13.9. The van der Waals surface area contributed by atoms with Crippen LogP contribution in [0.2, 0.25) is 0 Å². The summed E-state index contributed by atoms with van der Waals surface area (Å²) in [6, 6.07) is 20.4. The predicted octanol–water partition coefficient (Wildman–Crippen LogP) is 8.04. The number of nitrogens with one attached hydrogen (secondary N) is 1. The van der Waals surface area contributed by atoms with Crippen molar-refractivity contribution >= 4 is 6.09 Å². The van der Waals surface area contributed by atoms with Crippen molar-refractivity contribution in [2.24, 2.45) is 0 Å². The van der Waals surface area contributed by atoms with Gasteiger partial charge in [-0.25, -0.2) is 4.79 Å². The predicted molar refractivity (Wildman–Crippen MR) is 200 cm³/mol. The van der Waals surface area contributed by atoms with Crippen molar-refractivity contribution in [1.29, 1.82) is 0 Å². The Labute approximate surface area is 306 Å². The van der Waals surface area contributed by atoms with Gasteiger partial charge in [0.1, 0.15) is 5.75 Å². The molecule has 4 aliphatic rings. The van der Waals surface area contributed by atoms with E-state index < -0.39 is 6.09 Å². The molecule has 4 aromatic carbocycles. The van der Waals surface area contributed by atoms with Crippen LogP contribution in [0.15, 0.2) is 60.7 Å². The third-order valence-electron chi connectivity index (χ3n) is 10.6.